The molecule has 1 aromatic heterocycles. The van der Waals surface area contributed by atoms with E-state index >= 15 is 0 Å². The Balaban J connectivity index is 2.13. The summed E-state index contributed by atoms with van der Waals surface area (Å²) in [6, 6.07) is 9.37. The lowest BCUT2D eigenvalue weighted by atomic mass is 9.94. The molecule has 2 aromatic rings. The summed E-state index contributed by atoms with van der Waals surface area (Å²) in [5.74, 6) is -0.476. The highest BCUT2D eigenvalue weighted by atomic mass is 16.5. The van der Waals surface area contributed by atoms with E-state index in [0.29, 0.717) is 18.7 Å². The standard InChI is InChI=1S/C14H15N3O3/c18-13(19)14(8-4-5-9-14)17(12-10-15-16-20-12)11-6-2-1-3-7-11/h1-3,6-7,10H,4-5,8-9H2,(H,18,19). The number of anilines is 2. The van der Waals surface area contributed by atoms with Gasteiger partial charge in [-0.3, -0.25) is 4.90 Å². The van der Waals surface area contributed by atoms with E-state index in [9.17, 15) is 9.90 Å². The van der Waals surface area contributed by atoms with Gasteiger partial charge in [-0.1, -0.05) is 31.0 Å². The Morgan fingerprint density at radius 3 is 2.50 bits per heavy atom. The molecule has 0 saturated heterocycles. The lowest BCUT2D eigenvalue weighted by molar-refractivity contribution is -0.143. The van der Waals surface area contributed by atoms with Gasteiger partial charge in [0.15, 0.2) is 0 Å². The van der Waals surface area contributed by atoms with Gasteiger partial charge in [0, 0.05) is 11.0 Å². The van der Waals surface area contributed by atoms with Gasteiger partial charge in [-0.15, -0.1) is 5.10 Å². The average Bonchev–Trinajstić information content (AvgIpc) is 3.12. The Labute approximate surface area is 116 Å². The van der Waals surface area contributed by atoms with Crippen molar-refractivity contribution in [2.75, 3.05) is 4.90 Å². The fraction of sp³-hybridized carbons (Fsp3) is 0.357. The van der Waals surface area contributed by atoms with Gasteiger partial charge in [0.1, 0.15) is 11.7 Å². The molecule has 1 N–H and O–H groups in total. The summed E-state index contributed by atoms with van der Waals surface area (Å²) in [7, 11) is 0. The van der Waals surface area contributed by atoms with E-state index in [2.05, 4.69) is 10.4 Å². The summed E-state index contributed by atoms with van der Waals surface area (Å²) in [5, 5.41) is 16.9. The molecule has 104 valence electrons. The van der Waals surface area contributed by atoms with Crippen LogP contribution in [0.2, 0.25) is 0 Å². The van der Waals surface area contributed by atoms with Gasteiger partial charge in [-0.25, -0.2) is 4.79 Å². The third kappa shape index (κ3) is 1.93. The van der Waals surface area contributed by atoms with Gasteiger partial charge in [-0.05, 0) is 25.0 Å². The second-order valence-electron chi connectivity index (χ2n) is 4.97. The van der Waals surface area contributed by atoms with Crippen LogP contribution in [0.4, 0.5) is 11.6 Å². The molecule has 0 aliphatic heterocycles. The molecule has 0 amide bonds. The predicted octanol–water partition coefficient (Wildman–Crippen LogP) is 2.61. The summed E-state index contributed by atoms with van der Waals surface area (Å²) >= 11 is 0. The number of benzene rings is 1. The van der Waals surface area contributed by atoms with Crippen molar-refractivity contribution in [3.8, 4) is 0 Å². The molecule has 6 nitrogen and oxygen atoms in total. The van der Waals surface area contributed by atoms with Gasteiger partial charge in [0.2, 0.25) is 0 Å². The monoisotopic (exact) mass is 273 g/mol. The van der Waals surface area contributed by atoms with Crippen molar-refractivity contribution in [2.24, 2.45) is 0 Å². The molecule has 1 heterocycles. The predicted molar refractivity (Wildman–Crippen MR) is 71.7 cm³/mol. The van der Waals surface area contributed by atoms with Gasteiger partial charge in [0.05, 0.1) is 0 Å². The van der Waals surface area contributed by atoms with Gasteiger partial charge in [0.25, 0.3) is 5.88 Å². The first-order chi connectivity index (χ1) is 9.74. The summed E-state index contributed by atoms with van der Waals surface area (Å²) in [4.78, 5) is 13.6. The fourth-order valence-corrected chi connectivity index (χ4v) is 2.92. The first-order valence-corrected chi connectivity index (χ1v) is 6.60. The zero-order chi connectivity index (χ0) is 14.0. The number of aliphatic carboxylic acids is 1. The molecule has 1 aliphatic rings. The number of nitrogens with zero attached hydrogens (tertiary/aromatic N) is 3. The van der Waals surface area contributed by atoms with Crippen molar-refractivity contribution in [1.29, 1.82) is 0 Å². The van der Waals surface area contributed by atoms with Crippen molar-refractivity contribution in [1.82, 2.24) is 10.4 Å². The topological polar surface area (TPSA) is 79.5 Å². The second kappa shape index (κ2) is 4.96. The first kappa shape index (κ1) is 12.7. The van der Waals surface area contributed by atoms with E-state index in [1.165, 1.54) is 6.20 Å². The Morgan fingerprint density at radius 1 is 1.25 bits per heavy atom. The molecular weight excluding hydrogens is 258 g/mol. The maximum absolute atomic E-state index is 11.9. The van der Waals surface area contributed by atoms with E-state index in [1.54, 1.807) is 4.90 Å². The highest BCUT2D eigenvalue weighted by Gasteiger charge is 2.48. The Morgan fingerprint density at radius 2 is 1.95 bits per heavy atom. The van der Waals surface area contributed by atoms with Crippen LogP contribution in [0.25, 0.3) is 0 Å². The zero-order valence-electron chi connectivity index (χ0n) is 10.9. The summed E-state index contributed by atoms with van der Waals surface area (Å²) in [5.41, 5.74) is -0.210. The smallest absolute Gasteiger partial charge is 0.330 e. The largest absolute Gasteiger partial charge is 0.479 e. The van der Waals surface area contributed by atoms with Crippen LogP contribution >= 0.6 is 0 Å². The van der Waals surface area contributed by atoms with Gasteiger partial charge in [-0.2, -0.15) is 0 Å². The average molecular weight is 273 g/mol. The fourth-order valence-electron chi connectivity index (χ4n) is 2.92. The molecule has 0 radical (unpaired) electrons. The van der Waals surface area contributed by atoms with Crippen LogP contribution in [-0.4, -0.2) is 27.0 Å². The normalized spacial score (nSPS) is 17.0. The number of para-hydroxylation sites is 1. The lowest BCUT2D eigenvalue weighted by Crippen LogP contribution is -2.50. The molecule has 0 unspecified atom stereocenters. The van der Waals surface area contributed by atoms with E-state index < -0.39 is 11.5 Å². The molecule has 6 heteroatoms. The van der Waals surface area contributed by atoms with Gasteiger partial charge < -0.3 is 9.63 Å². The minimum Gasteiger partial charge on any atom is -0.479 e. The Bertz CT molecular complexity index is 577. The minimum atomic E-state index is -0.984. The molecule has 0 bridgehead atoms. The van der Waals surface area contributed by atoms with E-state index in [4.69, 9.17) is 4.52 Å². The number of hydrogen-bond acceptors (Lipinski definition) is 5. The number of carbonyl (C=O) groups is 1. The highest BCUT2D eigenvalue weighted by Crippen LogP contribution is 2.42. The van der Waals surface area contributed by atoms with E-state index in [0.717, 1.165) is 18.5 Å². The maximum atomic E-state index is 11.9. The highest BCUT2D eigenvalue weighted by molar-refractivity contribution is 5.87. The quantitative estimate of drug-likeness (QED) is 0.922. The Kier molecular flexibility index (Phi) is 3.14. The van der Waals surface area contributed by atoms with Crippen molar-refractivity contribution >= 4 is 17.5 Å². The van der Waals surface area contributed by atoms with Gasteiger partial charge >= 0.3 is 5.97 Å². The molecule has 1 fully saturated rings. The van der Waals surface area contributed by atoms with Crippen molar-refractivity contribution in [3.05, 3.63) is 36.5 Å². The number of carboxylic acid groups (broad SMARTS) is 1. The van der Waals surface area contributed by atoms with E-state index in [1.807, 2.05) is 30.3 Å². The van der Waals surface area contributed by atoms with Crippen molar-refractivity contribution in [3.63, 3.8) is 0 Å². The second-order valence-corrected chi connectivity index (χ2v) is 4.97. The zero-order valence-corrected chi connectivity index (χ0v) is 10.9. The van der Waals surface area contributed by atoms with Crippen LogP contribution in [0.15, 0.2) is 41.1 Å². The van der Waals surface area contributed by atoms with E-state index in [-0.39, 0.29) is 0 Å². The minimum absolute atomic E-state index is 0.362. The summed E-state index contributed by atoms with van der Waals surface area (Å²) in [6.45, 7) is 0. The van der Waals surface area contributed by atoms with Crippen molar-refractivity contribution in [2.45, 2.75) is 31.2 Å². The third-order valence-electron chi connectivity index (χ3n) is 3.84. The summed E-state index contributed by atoms with van der Waals surface area (Å²) in [6.07, 6.45) is 4.39. The van der Waals surface area contributed by atoms with Crippen LogP contribution < -0.4 is 4.90 Å². The number of rotatable bonds is 4. The third-order valence-corrected chi connectivity index (χ3v) is 3.84. The molecule has 20 heavy (non-hydrogen) atoms. The lowest BCUT2D eigenvalue weighted by Gasteiger charge is -2.36. The van der Waals surface area contributed by atoms with Crippen molar-refractivity contribution < 1.29 is 14.4 Å². The number of hydrogen-bond donors (Lipinski definition) is 1. The van der Waals surface area contributed by atoms with Crippen LogP contribution in [-0.2, 0) is 4.79 Å². The van der Waals surface area contributed by atoms with Crippen LogP contribution in [0.5, 0.6) is 0 Å². The maximum Gasteiger partial charge on any atom is 0.330 e. The number of aromatic nitrogens is 2. The van der Waals surface area contributed by atoms with Crippen LogP contribution in [0, 0.1) is 0 Å². The molecule has 0 atom stereocenters. The SMILES string of the molecule is O=C(O)C1(N(c2ccccc2)c2cnno2)CCCC1. The first-order valence-electron chi connectivity index (χ1n) is 6.60. The molecule has 1 aromatic carbocycles. The molecule has 1 aliphatic carbocycles. The Hall–Kier alpha value is -2.37. The summed E-state index contributed by atoms with van der Waals surface area (Å²) < 4.78 is 5.14. The molecule has 0 spiro atoms. The molecular formula is C14H15N3O3. The van der Waals surface area contributed by atoms with Crippen LogP contribution in [0.1, 0.15) is 25.7 Å². The molecule has 3 rings (SSSR count). The molecule has 1 saturated carbocycles. The number of carboxylic acids is 1. The van der Waals surface area contributed by atoms with Crippen LogP contribution in [0.3, 0.4) is 0 Å².